The molecule has 1 fully saturated rings. The van der Waals surface area contributed by atoms with Crippen molar-refractivity contribution in [2.24, 2.45) is 0 Å². The first-order valence-electron chi connectivity index (χ1n) is 2.95. The maximum Gasteiger partial charge on any atom is 0.375 e. The number of hydrogen-bond acceptors (Lipinski definition) is 4. The van der Waals surface area contributed by atoms with E-state index >= 15 is 0 Å². The van der Waals surface area contributed by atoms with Crippen molar-refractivity contribution in [3.8, 4) is 0 Å². The molecule has 0 aliphatic carbocycles. The third kappa shape index (κ3) is 1.09. The molecule has 11 heavy (non-hydrogen) atoms. The highest BCUT2D eigenvalue weighted by molar-refractivity contribution is 6.36. The number of hydrogen-bond donors (Lipinski definition) is 1. The molecule has 5 heteroatoms. The lowest BCUT2D eigenvalue weighted by molar-refractivity contribution is -0.167. The fraction of sp³-hybridized carbons (Fsp3) is 0.500. The van der Waals surface area contributed by atoms with Gasteiger partial charge in [0, 0.05) is 0 Å². The molecule has 0 saturated carbocycles. The van der Waals surface area contributed by atoms with E-state index in [1.165, 1.54) is 6.92 Å². The van der Waals surface area contributed by atoms with E-state index in [1.54, 1.807) is 0 Å². The van der Waals surface area contributed by atoms with Crippen molar-refractivity contribution < 1.29 is 24.2 Å². The number of aliphatic carboxylic acids is 1. The summed E-state index contributed by atoms with van der Waals surface area (Å²) in [4.78, 5) is 31.4. The summed E-state index contributed by atoms with van der Waals surface area (Å²) < 4.78 is 4.33. The Kier molecular flexibility index (Phi) is 1.44. The monoisotopic (exact) mass is 158 g/mol. The van der Waals surface area contributed by atoms with E-state index in [-0.39, 0.29) is 6.42 Å². The minimum Gasteiger partial charge on any atom is -0.478 e. The van der Waals surface area contributed by atoms with E-state index in [4.69, 9.17) is 5.11 Å². The summed E-state index contributed by atoms with van der Waals surface area (Å²) >= 11 is 0. The van der Waals surface area contributed by atoms with E-state index in [1.807, 2.05) is 0 Å². The van der Waals surface area contributed by atoms with Gasteiger partial charge in [-0.15, -0.1) is 0 Å². The zero-order valence-corrected chi connectivity index (χ0v) is 5.79. The van der Waals surface area contributed by atoms with Crippen LogP contribution in [0.1, 0.15) is 13.3 Å². The van der Waals surface area contributed by atoms with Gasteiger partial charge in [0.25, 0.3) is 0 Å². The highest BCUT2D eigenvalue weighted by atomic mass is 16.6. The maximum atomic E-state index is 10.6. The first-order valence-corrected chi connectivity index (χ1v) is 2.95. The van der Waals surface area contributed by atoms with Crippen molar-refractivity contribution in [3.05, 3.63) is 0 Å². The van der Waals surface area contributed by atoms with Crippen LogP contribution in [0, 0.1) is 0 Å². The lowest BCUT2D eigenvalue weighted by Gasteiger charge is -2.14. The van der Waals surface area contributed by atoms with Gasteiger partial charge in [0.15, 0.2) is 0 Å². The molecule has 0 aromatic heterocycles. The zero-order chi connectivity index (χ0) is 8.65. The summed E-state index contributed by atoms with van der Waals surface area (Å²) in [6.45, 7) is 1.19. The number of carboxylic acids is 1. The average Bonchev–Trinajstić information content (AvgIpc) is 2.09. The number of rotatable bonds is 1. The molecule has 1 saturated heterocycles. The summed E-state index contributed by atoms with van der Waals surface area (Å²) in [7, 11) is 0. The molecule has 0 bridgehead atoms. The lowest BCUT2D eigenvalue weighted by Crippen LogP contribution is -2.34. The van der Waals surface area contributed by atoms with Crippen LogP contribution in [0.3, 0.4) is 0 Å². The Labute approximate surface area is 62.0 Å². The molecule has 0 spiro atoms. The fourth-order valence-corrected chi connectivity index (χ4v) is 0.795. The van der Waals surface area contributed by atoms with Gasteiger partial charge in [-0.1, -0.05) is 0 Å². The number of carbonyl (C=O) groups is 3. The minimum atomic E-state index is -1.64. The molecule has 1 aliphatic rings. The van der Waals surface area contributed by atoms with Crippen molar-refractivity contribution >= 4 is 17.7 Å². The fourth-order valence-electron chi connectivity index (χ4n) is 0.795. The van der Waals surface area contributed by atoms with Crippen molar-refractivity contribution in [2.45, 2.75) is 18.9 Å². The smallest absolute Gasteiger partial charge is 0.375 e. The van der Waals surface area contributed by atoms with Gasteiger partial charge >= 0.3 is 11.9 Å². The van der Waals surface area contributed by atoms with Gasteiger partial charge in [0.2, 0.25) is 11.4 Å². The summed E-state index contributed by atoms with van der Waals surface area (Å²) in [6.07, 6.45) is -0.374. The maximum absolute atomic E-state index is 10.6. The molecular formula is C6H6O5. The van der Waals surface area contributed by atoms with E-state index in [9.17, 15) is 14.4 Å². The van der Waals surface area contributed by atoms with Gasteiger partial charge in [0.05, 0.1) is 6.42 Å². The highest BCUT2D eigenvalue weighted by Crippen LogP contribution is 2.23. The van der Waals surface area contributed by atoms with Crippen LogP contribution in [0.5, 0.6) is 0 Å². The van der Waals surface area contributed by atoms with Crippen molar-refractivity contribution in [1.82, 2.24) is 0 Å². The van der Waals surface area contributed by atoms with Gasteiger partial charge < -0.3 is 9.84 Å². The third-order valence-electron chi connectivity index (χ3n) is 1.50. The summed E-state index contributed by atoms with van der Waals surface area (Å²) in [5, 5.41) is 8.48. The van der Waals surface area contributed by atoms with Gasteiger partial charge in [-0.3, -0.25) is 4.79 Å². The Bertz CT molecular complexity index is 225. The Hall–Kier alpha value is -1.39. The van der Waals surface area contributed by atoms with Crippen LogP contribution in [0.4, 0.5) is 0 Å². The summed E-state index contributed by atoms with van der Waals surface area (Å²) in [5.74, 6) is -3.14. The third-order valence-corrected chi connectivity index (χ3v) is 1.50. The van der Waals surface area contributed by atoms with Gasteiger partial charge in [-0.2, -0.15) is 0 Å². The van der Waals surface area contributed by atoms with Gasteiger partial charge in [0.1, 0.15) is 0 Å². The van der Waals surface area contributed by atoms with Crippen molar-refractivity contribution in [1.29, 1.82) is 0 Å². The van der Waals surface area contributed by atoms with E-state index in [2.05, 4.69) is 4.74 Å². The summed E-state index contributed by atoms with van der Waals surface area (Å²) in [5.41, 5.74) is -1.64. The molecule has 1 rings (SSSR count). The zero-order valence-electron chi connectivity index (χ0n) is 5.79. The predicted octanol–water partition coefficient (Wildman–Crippen LogP) is -0.654. The standard InChI is InChI=1S/C6H6O5/c1-6(5(9)10)2-3(7)4(8)11-6/h2H2,1H3,(H,9,10). The highest BCUT2D eigenvalue weighted by Gasteiger charge is 2.48. The second kappa shape index (κ2) is 2.05. The van der Waals surface area contributed by atoms with E-state index < -0.39 is 23.3 Å². The Morgan fingerprint density at radius 3 is 2.36 bits per heavy atom. The molecule has 0 aromatic rings. The van der Waals surface area contributed by atoms with Gasteiger partial charge in [-0.25, -0.2) is 9.59 Å². The topological polar surface area (TPSA) is 80.7 Å². The van der Waals surface area contributed by atoms with E-state index in [0.29, 0.717) is 0 Å². The van der Waals surface area contributed by atoms with Gasteiger partial charge in [-0.05, 0) is 6.92 Å². The average molecular weight is 158 g/mol. The first-order chi connectivity index (χ1) is 4.96. The van der Waals surface area contributed by atoms with Crippen LogP contribution >= 0.6 is 0 Å². The number of carboxylic acid groups (broad SMARTS) is 1. The molecule has 1 aliphatic heterocycles. The molecule has 60 valence electrons. The van der Waals surface area contributed by atoms with Crippen LogP contribution in [-0.4, -0.2) is 28.4 Å². The largest absolute Gasteiger partial charge is 0.478 e. The predicted molar refractivity (Wildman–Crippen MR) is 31.8 cm³/mol. The molecule has 5 nitrogen and oxygen atoms in total. The Morgan fingerprint density at radius 1 is 1.64 bits per heavy atom. The number of ether oxygens (including phenoxy) is 1. The minimum absolute atomic E-state index is 0.374. The van der Waals surface area contributed by atoms with Crippen LogP contribution in [0.2, 0.25) is 0 Å². The molecule has 1 N–H and O–H groups in total. The van der Waals surface area contributed by atoms with Crippen LogP contribution in [0.25, 0.3) is 0 Å². The number of esters is 1. The molecule has 1 heterocycles. The van der Waals surface area contributed by atoms with E-state index in [0.717, 1.165) is 0 Å². The molecule has 0 aromatic carbocycles. The number of cyclic esters (lactones) is 1. The Morgan fingerprint density at radius 2 is 2.18 bits per heavy atom. The van der Waals surface area contributed by atoms with Crippen molar-refractivity contribution in [2.75, 3.05) is 0 Å². The molecule has 1 unspecified atom stereocenters. The second-order valence-electron chi connectivity index (χ2n) is 2.53. The Balaban J connectivity index is 2.88. The number of Topliss-reactive ketones (excluding diaryl/α,β-unsaturated/α-hetero) is 1. The number of ketones is 1. The lowest BCUT2D eigenvalue weighted by atomic mass is 10.0. The molecule has 1 atom stereocenters. The molecule has 0 radical (unpaired) electrons. The SMILES string of the molecule is CC1(C(=O)O)CC(=O)C(=O)O1. The van der Waals surface area contributed by atoms with Crippen molar-refractivity contribution in [3.63, 3.8) is 0 Å². The number of carbonyl (C=O) groups excluding carboxylic acids is 2. The first kappa shape index (κ1) is 7.71. The second-order valence-corrected chi connectivity index (χ2v) is 2.53. The van der Waals surface area contributed by atoms with Crippen LogP contribution in [-0.2, 0) is 19.1 Å². The summed E-state index contributed by atoms with van der Waals surface area (Å²) in [6, 6.07) is 0. The molecular weight excluding hydrogens is 152 g/mol. The van der Waals surface area contributed by atoms with Crippen LogP contribution < -0.4 is 0 Å². The quantitative estimate of drug-likeness (QED) is 0.405. The molecule has 0 amide bonds. The normalized spacial score (nSPS) is 30.3. The van der Waals surface area contributed by atoms with Crippen LogP contribution in [0.15, 0.2) is 0 Å².